The number of carbonyl (C=O) groups is 2. The lowest BCUT2D eigenvalue weighted by Gasteiger charge is -2.21. The van der Waals surface area contributed by atoms with Gasteiger partial charge >= 0.3 is 5.97 Å². The molecule has 2 aromatic rings. The van der Waals surface area contributed by atoms with E-state index in [4.69, 9.17) is 13.9 Å². The van der Waals surface area contributed by atoms with E-state index in [1.165, 1.54) is 34.4 Å². The molecule has 11 heteroatoms. The van der Waals surface area contributed by atoms with Gasteiger partial charge in [0.2, 0.25) is 5.09 Å². The second-order valence-corrected chi connectivity index (χ2v) is 7.60. The lowest BCUT2D eigenvalue weighted by Crippen LogP contribution is -2.35. The number of ether oxygens (including phenoxy) is 3. The van der Waals surface area contributed by atoms with Gasteiger partial charge in [-0.25, -0.2) is 13.1 Å². The zero-order valence-corrected chi connectivity index (χ0v) is 17.2. The van der Waals surface area contributed by atoms with E-state index >= 15 is 0 Å². The van der Waals surface area contributed by atoms with Crippen molar-refractivity contribution < 1.29 is 36.6 Å². The Morgan fingerprint density at radius 1 is 1.07 bits per heavy atom. The normalized spacial score (nSPS) is 11.0. The van der Waals surface area contributed by atoms with E-state index in [9.17, 15) is 18.0 Å². The molecule has 0 radical (unpaired) electrons. The van der Waals surface area contributed by atoms with Gasteiger partial charge in [0, 0.05) is 12.6 Å². The van der Waals surface area contributed by atoms with Crippen molar-refractivity contribution in [2.75, 3.05) is 34.9 Å². The monoisotopic (exact) mass is 426 g/mol. The molecule has 158 valence electrons. The number of furan rings is 1. The predicted molar refractivity (Wildman–Crippen MR) is 101 cm³/mol. The van der Waals surface area contributed by atoms with Crippen LogP contribution in [0.1, 0.15) is 16.1 Å². The van der Waals surface area contributed by atoms with Crippen LogP contribution in [0.4, 0.5) is 0 Å². The van der Waals surface area contributed by atoms with Crippen molar-refractivity contribution in [3.05, 3.63) is 41.7 Å². The van der Waals surface area contributed by atoms with E-state index < -0.39 is 27.0 Å². The molecule has 0 fully saturated rings. The van der Waals surface area contributed by atoms with E-state index in [1.807, 2.05) is 0 Å². The molecule has 1 N–H and O–H groups in total. The third-order valence-corrected chi connectivity index (χ3v) is 5.23. The van der Waals surface area contributed by atoms with E-state index in [2.05, 4.69) is 9.46 Å². The number of amides is 1. The Kier molecular flexibility index (Phi) is 7.23. The molecule has 0 aliphatic rings. The number of sulfonamides is 1. The Morgan fingerprint density at radius 3 is 2.21 bits per heavy atom. The number of methoxy groups -OCH3 is 3. The topological polar surface area (TPSA) is 124 Å². The summed E-state index contributed by atoms with van der Waals surface area (Å²) in [4.78, 5) is 25.8. The van der Waals surface area contributed by atoms with Crippen molar-refractivity contribution in [2.24, 2.45) is 0 Å². The van der Waals surface area contributed by atoms with Crippen LogP contribution in [0, 0.1) is 0 Å². The van der Waals surface area contributed by atoms with E-state index in [1.54, 1.807) is 18.2 Å². The molecule has 0 aliphatic heterocycles. The Bertz CT molecular complexity index is 961. The highest BCUT2D eigenvalue weighted by atomic mass is 32.2. The maximum absolute atomic E-state index is 12.9. The molecule has 29 heavy (non-hydrogen) atoms. The van der Waals surface area contributed by atoms with Crippen LogP contribution in [0.5, 0.6) is 11.5 Å². The highest BCUT2D eigenvalue weighted by Crippen LogP contribution is 2.24. The number of benzene rings is 1. The Morgan fingerprint density at radius 2 is 1.69 bits per heavy atom. The minimum atomic E-state index is -3.85. The summed E-state index contributed by atoms with van der Waals surface area (Å²) < 4.78 is 46.0. The zero-order chi connectivity index (χ0) is 21.6. The van der Waals surface area contributed by atoms with Crippen LogP contribution in [0.3, 0.4) is 0 Å². The number of hydrogen-bond donors (Lipinski definition) is 1. The fourth-order valence-electron chi connectivity index (χ4n) is 2.43. The summed E-state index contributed by atoms with van der Waals surface area (Å²) in [6.07, 6.45) is 0. The second kappa shape index (κ2) is 9.43. The molecular formula is C18H22N2O8S. The van der Waals surface area contributed by atoms with Crippen LogP contribution in [0.15, 0.2) is 39.8 Å². The average Bonchev–Trinajstić information content (AvgIpc) is 3.23. The van der Waals surface area contributed by atoms with Gasteiger partial charge in [-0.3, -0.25) is 9.59 Å². The average molecular weight is 426 g/mol. The molecule has 0 aliphatic carbocycles. The van der Waals surface area contributed by atoms with Crippen LogP contribution in [0.25, 0.3) is 0 Å². The van der Waals surface area contributed by atoms with Gasteiger partial charge in [-0.15, -0.1) is 0 Å². The Balaban J connectivity index is 2.36. The molecule has 1 amide bonds. The first-order valence-electron chi connectivity index (χ1n) is 8.35. The quantitative estimate of drug-likeness (QED) is 0.590. The summed E-state index contributed by atoms with van der Waals surface area (Å²) >= 11 is 0. The fourth-order valence-corrected chi connectivity index (χ4v) is 3.08. The molecule has 10 nitrogen and oxygen atoms in total. The minimum Gasteiger partial charge on any atom is -0.497 e. The number of rotatable bonds is 9. The summed E-state index contributed by atoms with van der Waals surface area (Å²) in [5, 5.41) is -0.413. The summed E-state index contributed by atoms with van der Waals surface area (Å²) in [5.41, 5.74) is 0.619. The van der Waals surface area contributed by atoms with Crippen molar-refractivity contribution in [2.45, 2.75) is 11.6 Å². The summed E-state index contributed by atoms with van der Waals surface area (Å²) in [6, 6.07) is 7.41. The summed E-state index contributed by atoms with van der Waals surface area (Å²) in [7, 11) is 1.54. The SMILES string of the molecule is CNS(=O)(=O)c1ccc(C(=O)N(CC(=O)OC)Cc2cc(OC)cc(OC)c2)o1. The minimum absolute atomic E-state index is 0.00367. The molecule has 0 bridgehead atoms. The Labute approximate surface area is 168 Å². The van der Waals surface area contributed by atoms with E-state index in [0.717, 1.165) is 11.0 Å². The van der Waals surface area contributed by atoms with Gasteiger partial charge in [0.1, 0.15) is 18.0 Å². The molecule has 0 unspecified atom stereocenters. The van der Waals surface area contributed by atoms with Crippen LogP contribution in [0.2, 0.25) is 0 Å². The van der Waals surface area contributed by atoms with Gasteiger partial charge in [-0.05, 0) is 36.9 Å². The maximum Gasteiger partial charge on any atom is 0.325 e. The first kappa shape index (κ1) is 22.2. The fraction of sp³-hybridized carbons (Fsp3) is 0.333. The number of carbonyl (C=O) groups excluding carboxylic acids is 2. The first-order chi connectivity index (χ1) is 13.7. The molecule has 1 aromatic heterocycles. The van der Waals surface area contributed by atoms with Crippen LogP contribution < -0.4 is 14.2 Å². The molecule has 1 heterocycles. The van der Waals surface area contributed by atoms with Crippen molar-refractivity contribution >= 4 is 21.9 Å². The van der Waals surface area contributed by atoms with Crippen molar-refractivity contribution in [3.63, 3.8) is 0 Å². The maximum atomic E-state index is 12.9. The van der Waals surface area contributed by atoms with Crippen LogP contribution in [-0.4, -0.2) is 60.1 Å². The van der Waals surface area contributed by atoms with Gasteiger partial charge in [-0.2, -0.15) is 0 Å². The van der Waals surface area contributed by atoms with Crippen molar-refractivity contribution in [3.8, 4) is 11.5 Å². The molecule has 0 saturated heterocycles. The van der Waals surface area contributed by atoms with Gasteiger partial charge in [0.25, 0.3) is 15.9 Å². The third-order valence-electron chi connectivity index (χ3n) is 3.95. The molecular weight excluding hydrogens is 404 g/mol. The number of nitrogens with zero attached hydrogens (tertiary/aromatic N) is 1. The second-order valence-electron chi connectivity index (χ2n) is 5.78. The van der Waals surface area contributed by atoms with Crippen LogP contribution in [-0.2, 0) is 26.1 Å². The number of nitrogens with one attached hydrogen (secondary N) is 1. The summed E-state index contributed by atoms with van der Waals surface area (Å²) in [5.74, 6) is -0.564. The largest absolute Gasteiger partial charge is 0.497 e. The molecule has 0 saturated carbocycles. The van der Waals surface area contributed by atoms with Crippen molar-refractivity contribution in [1.29, 1.82) is 0 Å². The zero-order valence-electron chi connectivity index (χ0n) is 16.4. The highest BCUT2D eigenvalue weighted by molar-refractivity contribution is 7.89. The van der Waals surface area contributed by atoms with Gasteiger partial charge in [0.15, 0.2) is 5.76 Å². The molecule has 0 atom stereocenters. The lowest BCUT2D eigenvalue weighted by molar-refractivity contribution is -0.141. The molecule has 0 spiro atoms. The molecule has 1 aromatic carbocycles. The van der Waals surface area contributed by atoms with E-state index in [0.29, 0.717) is 17.1 Å². The first-order valence-corrected chi connectivity index (χ1v) is 9.83. The molecule has 2 rings (SSSR count). The number of hydrogen-bond acceptors (Lipinski definition) is 8. The van der Waals surface area contributed by atoms with Crippen molar-refractivity contribution in [1.82, 2.24) is 9.62 Å². The van der Waals surface area contributed by atoms with Gasteiger partial charge in [-0.1, -0.05) is 0 Å². The van der Waals surface area contributed by atoms with Gasteiger partial charge < -0.3 is 23.5 Å². The smallest absolute Gasteiger partial charge is 0.325 e. The lowest BCUT2D eigenvalue weighted by atomic mass is 10.1. The standard InChI is InChI=1S/C18H22N2O8S/c1-19-29(23,24)17-6-5-15(28-17)18(22)20(11-16(21)27-4)10-12-7-13(25-2)9-14(8-12)26-3/h5-9,19H,10-11H2,1-4H3. The predicted octanol–water partition coefficient (Wildman–Crippen LogP) is 1.02. The third kappa shape index (κ3) is 5.48. The van der Waals surface area contributed by atoms with Crippen LogP contribution >= 0.6 is 0 Å². The number of esters is 1. The Hall–Kier alpha value is -3.05. The highest BCUT2D eigenvalue weighted by Gasteiger charge is 2.25. The van der Waals surface area contributed by atoms with Gasteiger partial charge in [0.05, 0.1) is 21.3 Å². The van der Waals surface area contributed by atoms with E-state index in [-0.39, 0.29) is 18.8 Å². The summed E-state index contributed by atoms with van der Waals surface area (Å²) in [6.45, 7) is -0.375.